The second kappa shape index (κ2) is 4.99. The lowest BCUT2D eigenvalue weighted by molar-refractivity contribution is -0.302. The third kappa shape index (κ3) is 2.05. The SMILES string of the molecule is C[C@]12C=CC(=O)C=C1CCC1C2CC[C@@]2(C)C1CC[C@@]2(O)C(F)(F)F. The molecule has 3 saturated carbocycles. The Bertz CT molecular complexity index is 679. The van der Waals surface area contributed by atoms with Gasteiger partial charge in [-0.05, 0) is 68.4 Å². The average molecular weight is 354 g/mol. The summed E-state index contributed by atoms with van der Waals surface area (Å²) in [4.78, 5) is 11.7. The van der Waals surface area contributed by atoms with Crippen LogP contribution in [0.4, 0.5) is 13.2 Å². The van der Waals surface area contributed by atoms with Crippen LogP contribution >= 0.6 is 0 Å². The Morgan fingerprint density at radius 1 is 1.12 bits per heavy atom. The number of carbonyl (C=O) groups excluding carboxylic acids is 1. The molecule has 0 aromatic rings. The molecular weight excluding hydrogens is 329 g/mol. The summed E-state index contributed by atoms with van der Waals surface area (Å²) in [7, 11) is 0. The van der Waals surface area contributed by atoms with Crippen LogP contribution in [-0.2, 0) is 4.79 Å². The summed E-state index contributed by atoms with van der Waals surface area (Å²) in [6.45, 7) is 3.79. The molecule has 0 amide bonds. The topological polar surface area (TPSA) is 37.3 Å². The molecule has 0 heterocycles. The number of rotatable bonds is 0. The summed E-state index contributed by atoms with van der Waals surface area (Å²) in [6.07, 6.45) is 3.64. The van der Waals surface area contributed by atoms with Crippen molar-refractivity contribution in [1.82, 2.24) is 0 Å². The maximum absolute atomic E-state index is 13.7. The van der Waals surface area contributed by atoms with E-state index in [1.807, 2.05) is 6.08 Å². The second-order valence-electron chi connectivity index (χ2n) is 8.96. The highest BCUT2D eigenvalue weighted by Crippen LogP contribution is 2.69. The van der Waals surface area contributed by atoms with Crippen LogP contribution < -0.4 is 0 Å². The fraction of sp³-hybridized carbons (Fsp3) is 0.750. The van der Waals surface area contributed by atoms with E-state index < -0.39 is 17.2 Å². The summed E-state index contributed by atoms with van der Waals surface area (Å²) in [6, 6.07) is 0. The molecule has 0 saturated heterocycles. The van der Waals surface area contributed by atoms with E-state index in [1.165, 1.54) is 0 Å². The number of hydrogen-bond acceptors (Lipinski definition) is 2. The van der Waals surface area contributed by atoms with Gasteiger partial charge in [-0.3, -0.25) is 4.79 Å². The first-order valence-corrected chi connectivity index (χ1v) is 9.26. The number of alkyl halides is 3. The van der Waals surface area contributed by atoms with Gasteiger partial charge in [0.1, 0.15) is 0 Å². The highest BCUT2D eigenvalue weighted by molar-refractivity contribution is 6.01. The molecule has 0 spiro atoms. The van der Waals surface area contributed by atoms with Gasteiger partial charge in [0.2, 0.25) is 0 Å². The minimum absolute atomic E-state index is 0.0129. The smallest absolute Gasteiger partial charge is 0.380 e. The maximum Gasteiger partial charge on any atom is 0.417 e. The van der Waals surface area contributed by atoms with Crippen molar-refractivity contribution < 1.29 is 23.1 Å². The number of hydrogen-bond donors (Lipinski definition) is 1. The van der Waals surface area contributed by atoms with Crippen molar-refractivity contribution in [1.29, 1.82) is 0 Å². The van der Waals surface area contributed by atoms with Crippen molar-refractivity contribution in [2.24, 2.45) is 28.6 Å². The van der Waals surface area contributed by atoms with Gasteiger partial charge in [0.05, 0.1) is 0 Å². The van der Waals surface area contributed by atoms with Crippen LogP contribution in [0, 0.1) is 28.6 Å². The summed E-state index contributed by atoms with van der Waals surface area (Å²) < 4.78 is 41.0. The molecule has 2 nitrogen and oxygen atoms in total. The molecule has 4 rings (SSSR count). The van der Waals surface area contributed by atoms with E-state index in [1.54, 1.807) is 19.1 Å². The molecule has 4 aliphatic rings. The molecule has 0 aliphatic heterocycles. The zero-order valence-corrected chi connectivity index (χ0v) is 14.7. The first kappa shape index (κ1) is 17.3. The largest absolute Gasteiger partial charge is 0.417 e. The van der Waals surface area contributed by atoms with Crippen LogP contribution in [0.2, 0.25) is 0 Å². The van der Waals surface area contributed by atoms with Gasteiger partial charge >= 0.3 is 6.18 Å². The molecule has 138 valence electrons. The Balaban J connectivity index is 1.71. The zero-order valence-electron chi connectivity index (χ0n) is 14.7. The number of ketones is 1. The van der Waals surface area contributed by atoms with E-state index in [9.17, 15) is 23.1 Å². The van der Waals surface area contributed by atoms with Crippen LogP contribution in [0.5, 0.6) is 0 Å². The van der Waals surface area contributed by atoms with E-state index in [2.05, 4.69) is 6.92 Å². The quantitative estimate of drug-likeness (QED) is 0.691. The first-order valence-electron chi connectivity index (χ1n) is 9.26. The third-order valence-electron chi connectivity index (χ3n) is 8.18. The lowest BCUT2D eigenvalue weighted by atomic mass is 9.47. The summed E-state index contributed by atoms with van der Waals surface area (Å²) in [5.41, 5.74) is -2.76. The Morgan fingerprint density at radius 2 is 1.80 bits per heavy atom. The minimum atomic E-state index is -4.58. The lowest BCUT2D eigenvalue weighted by Crippen LogP contribution is -2.59. The Morgan fingerprint density at radius 3 is 2.48 bits per heavy atom. The van der Waals surface area contributed by atoms with E-state index in [0.29, 0.717) is 19.3 Å². The molecule has 0 aromatic carbocycles. The van der Waals surface area contributed by atoms with Crippen molar-refractivity contribution in [2.45, 2.75) is 64.1 Å². The van der Waals surface area contributed by atoms with Crippen molar-refractivity contribution in [3.05, 3.63) is 23.8 Å². The van der Waals surface area contributed by atoms with Gasteiger partial charge in [0.25, 0.3) is 0 Å². The van der Waals surface area contributed by atoms with Crippen LogP contribution in [0.25, 0.3) is 0 Å². The second-order valence-corrected chi connectivity index (χ2v) is 8.96. The van der Waals surface area contributed by atoms with E-state index in [-0.39, 0.29) is 35.4 Å². The zero-order chi connectivity index (χ0) is 18.3. The van der Waals surface area contributed by atoms with Gasteiger partial charge in [0, 0.05) is 10.8 Å². The highest BCUT2D eigenvalue weighted by Gasteiger charge is 2.72. The van der Waals surface area contributed by atoms with Gasteiger partial charge in [-0.25, -0.2) is 0 Å². The molecule has 3 unspecified atom stereocenters. The molecule has 6 atom stereocenters. The number of allylic oxidation sites excluding steroid dienone is 4. The average Bonchev–Trinajstić information content (AvgIpc) is 2.81. The lowest BCUT2D eigenvalue weighted by Gasteiger charge is -2.58. The van der Waals surface area contributed by atoms with Gasteiger partial charge in [0.15, 0.2) is 11.4 Å². The Labute approximate surface area is 146 Å². The summed E-state index contributed by atoms with van der Waals surface area (Å²) >= 11 is 0. The van der Waals surface area contributed by atoms with Crippen LogP contribution in [-0.4, -0.2) is 22.7 Å². The van der Waals surface area contributed by atoms with E-state index in [4.69, 9.17) is 0 Å². The first-order chi connectivity index (χ1) is 11.5. The van der Waals surface area contributed by atoms with Crippen LogP contribution in [0.3, 0.4) is 0 Å². The van der Waals surface area contributed by atoms with Crippen molar-refractivity contribution in [3.8, 4) is 0 Å². The third-order valence-corrected chi connectivity index (χ3v) is 8.18. The molecular formula is C20H25F3O2. The molecule has 0 bridgehead atoms. The number of fused-ring (bicyclic) bond motifs is 5. The Hall–Kier alpha value is -1.10. The molecule has 3 fully saturated rings. The van der Waals surface area contributed by atoms with Gasteiger partial charge in [-0.2, -0.15) is 13.2 Å². The molecule has 4 aliphatic carbocycles. The van der Waals surface area contributed by atoms with E-state index >= 15 is 0 Å². The molecule has 1 N–H and O–H groups in total. The van der Waals surface area contributed by atoms with Crippen LogP contribution in [0.1, 0.15) is 52.4 Å². The normalized spacial score (nSPS) is 49.3. The summed E-state index contributed by atoms with van der Waals surface area (Å²) in [5, 5.41) is 10.6. The number of aliphatic hydroxyl groups is 1. The van der Waals surface area contributed by atoms with Gasteiger partial charge in [-0.15, -0.1) is 0 Å². The molecule has 0 radical (unpaired) electrons. The molecule has 0 aromatic heterocycles. The maximum atomic E-state index is 13.7. The van der Waals surface area contributed by atoms with Crippen molar-refractivity contribution >= 4 is 5.78 Å². The number of carbonyl (C=O) groups is 1. The summed E-state index contributed by atoms with van der Waals surface area (Å²) in [5.74, 6) is 0.335. The molecule has 25 heavy (non-hydrogen) atoms. The number of halogens is 3. The predicted octanol–water partition coefficient (Wildman–Crippen LogP) is 4.59. The van der Waals surface area contributed by atoms with E-state index in [0.717, 1.165) is 18.4 Å². The standard InChI is InChI=1S/C20H25F3O2/c1-17-8-5-13(24)11-12(17)3-4-14-15(17)6-9-18(2)16(14)7-10-19(18,25)20(21,22)23/h5,8,11,14-16,25H,3-4,6-7,9-10H2,1-2H3/t14?,15?,16?,17-,18-,19-/m0/s1. The van der Waals surface area contributed by atoms with Crippen LogP contribution in [0.15, 0.2) is 23.8 Å². The van der Waals surface area contributed by atoms with Gasteiger partial charge in [-0.1, -0.05) is 25.5 Å². The minimum Gasteiger partial charge on any atom is -0.380 e. The Kier molecular flexibility index (Phi) is 3.46. The predicted molar refractivity (Wildman–Crippen MR) is 87.6 cm³/mol. The fourth-order valence-corrected chi connectivity index (χ4v) is 6.68. The van der Waals surface area contributed by atoms with Crippen molar-refractivity contribution in [3.63, 3.8) is 0 Å². The van der Waals surface area contributed by atoms with Gasteiger partial charge < -0.3 is 5.11 Å². The molecule has 5 heteroatoms. The highest BCUT2D eigenvalue weighted by atomic mass is 19.4. The fourth-order valence-electron chi connectivity index (χ4n) is 6.68. The van der Waals surface area contributed by atoms with Crippen molar-refractivity contribution in [2.75, 3.05) is 0 Å². The monoisotopic (exact) mass is 354 g/mol.